The monoisotopic (exact) mass is 620 g/mol. The van der Waals surface area contributed by atoms with Crippen molar-refractivity contribution in [2.75, 3.05) is 20.6 Å². The first-order chi connectivity index (χ1) is 22.3. The molecule has 1 heterocycles. The third kappa shape index (κ3) is 5.76. The standard InChI is InChI=1S/C33H24F2N6O3.C2H6/c1-38-31(30-25(15-37)20-8-4-3-7-18(20)12-28(30)35)24(14-36)19-11-23(26(17-42)27(34)13-19)29(40-39-2)16-41-32(43)21-9-5-6-10-22(21)33(41)44;1-2/h3-14,17,39H,16,36H2,1-2H3;1-2H3/b24-14-,38-31?,40-29-;. The van der Waals surface area contributed by atoms with Crippen LogP contribution < -0.4 is 11.2 Å². The third-order valence-electron chi connectivity index (χ3n) is 7.30. The van der Waals surface area contributed by atoms with Gasteiger partial charge in [0.2, 0.25) is 0 Å². The van der Waals surface area contributed by atoms with Gasteiger partial charge in [-0.05, 0) is 41.3 Å². The molecule has 11 heteroatoms. The fourth-order valence-corrected chi connectivity index (χ4v) is 5.32. The second kappa shape index (κ2) is 14.2. The molecular weight excluding hydrogens is 590 g/mol. The number of carbonyl (C=O) groups excluding carboxylic acids is 3. The molecule has 0 bridgehead atoms. The third-order valence-corrected chi connectivity index (χ3v) is 7.30. The molecule has 5 rings (SSSR count). The lowest BCUT2D eigenvalue weighted by Crippen LogP contribution is -2.36. The molecule has 0 aliphatic carbocycles. The number of nitrogens with two attached hydrogens (primary N) is 1. The summed E-state index contributed by atoms with van der Waals surface area (Å²) in [7, 11) is 2.84. The summed E-state index contributed by atoms with van der Waals surface area (Å²) in [6.45, 7) is 3.60. The minimum atomic E-state index is -0.965. The minimum Gasteiger partial charge on any atom is -0.404 e. The van der Waals surface area contributed by atoms with Crippen molar-refractivity contribution in [2.45, 2.75) is 13.8 Å². The number of aliphatic imine (C=N–C) groups is 1. The van der Waals surface area contributed by atoms with E-state index >= 15 is 8.78 Å². The number of halogens is 2. The van der Waals surface area contributed by atoms with E-state index < -0.39 is 30.0 Å². The zero-order valence-electron chi connectivity index (χ0n) is 25.6. The van der Waals surface area contributed by atoms with Crippen molar-refractivity contribution < 1.29 is 23.2 Å². The maximum absolute atomic E-state index is 15.6. The average Bonchev–Trinajstić information content (AvgIpc) is 3.31. The summed E-state index contributed by atoms with van der Waals surface area (Å²) in [4.78, 5) is 43.4. The molecular formula is C35H30F2N6O3. The zero-order valence-corrected chi connectivity index (χ0v) is 25.6. The van der Waals surface area contributed by atoms with E-state index in [2.05, 4.69) is 21.6 Å². The minimum absolute atomic E-state index is 0.00816. The van der Waals surface area contributed by atoms with Gasteiger partial charge in [0.05, 0.1) is 45.8 Å². The second-order valence-corrected chi connectivity index (χ2v) is 9.66. The number of allylic oxidation sites excluding steroid dienone is 1. The van der Waals surface area contributed by atoms with Gasteiger partial charge >= 0.3 is 0 Å². The molecule has 0 aromatic heterocycles. The number of hydrogen-bond acceptors (Lipinski definition) is 8. The largest absolute Gasteiger partial charge is 0.404 e. The van der Waals surface area contributed by atoms with Crippen molar-refractivity contribution in [1.82, 2.24) is 10.3 Å². The number of nitrogens with one attached hydrogen (secondary N) is 1. The number of hydrogen-bond donors (Lipinski definition) is 2. The van der Waals surface area contributed by atoms with Crippen LogP contribution in [0.4, 0.5) is 8.78 Å². The molecule has 9 nitrogen and oxygen atoms in total. The van der Waals surface area contributed by atoms with Crippen molar-refractivity contribution in [1.29, 1.82) is 5.26 Å². The van der Waals surface area contributed by atoms with E-state index in [1.807, 2.05) is 13.8 Å². The molecule has 0 spiro atoms. The molecule has 0 fully saturated rings. The topological polar surface area (TPSA) is 141 Å². The van der Waals surface area contributed by atoms with Crippen LogP contribution in [0.1, 0.15) is 67.2 Å². The van der Waals surface area contributed by atoms with Crippen LogP contribution in [0, 0.1) is 23.0 Å². The summed E-state index contributed by atoms with van der Waals surface area (Å²) < 4.78 is 31.2. The van der Waals surface area contributed by atoms with Crippen LogP contribution in [0.25, 0.3) is 16.3 Å². The first-order valence-corrected chi connectivity index (χ1v) is 14.3. The van der Waals surface area contributed by atoms with E-state index in [-0.39, 0.29) is 55.9 Å². The molecule has 46 heavy (non-hydrogen) atoms. The molecule has 4 aromatic carbocycles. The predicted octanol–water partition coefficient (Wildman–Crippen LogP) is 5.47. The molecule has 232 valence electrons. The Kier molecular flexibility index (Phi) is 10.1. The number of imide groups is 1. The fourth-order valence-electron chi connectivity index (χ4n) is 5.32. The molecule has 0 unspecified atom stereocenters. The Labute approximate surface area is 264 Å². The maximum Gasteiger partial charge on any atom is 0.261 e. The predicted molar refractivity (Wildman–Crippen MR) is 174 cm³/mol. The molecule has 2 amide bonds. The van der Waals surface area contributed by atoms with Gasteiger partial charge in [0, 0.05) is 36.8 Å². The van der Waals surface area contributed by atoms with Gasteiger partial charge in [-0.1, -0.05) is 50.2 Å². The smallest absolute Gasteiger partial charge is 0.261 e. The number of fused-ring (bicyclic) bond motifs is 2. The number of carbonyl (C=O) groups is 3. The van der Waals surface area contributed by atoms with E-state index in [1.54, 1.807) is 36.4 Å². The number of benzene rings is 4. The number of rotatable bonds is 8. The summed E-state index contributed by atoms with van der Waals surface area (Å²) in [5.74, 6) is -2.85. The van der Waals surface area contributed by atoms with Crippen molar-refractivity contribution in [2.24, 2.45) is 15.8 Å². The molecule has 0 radical (unpaired) electrons. The first-order valence-electron chi connectivity index (χ1n) is 14.3. The van der Waals surface area contributed by atoms with Gasteiger partial charge in [0.25, 0.3) is 11.8 Å². The van der Waals surface area contributed by atoms with E-state index in [1.165, 1.54) is 38.4 Å². The number of aldehydes is 1. The average molecular weight is 621 g/mol. The highest BCUT2D eigenvalue weighted by Crippen LogP contribution is 2.32. The van der Waals surface area contributed by atoms with Crippen LogP contribution in [0.3, 0.4) is 0 Å². The van der Waals surface area contributed by atoms with Gasteiger partial charge < -0.3 is 11.2 Å². The lowest BCUT2D eigenvalue weighted by atomic mass is 9.88. The van der Waals surface area contributed by atoms with Crippen LogP contribution in [0.2, 0.25) is 0 Å². The van der Waals surface area contributed by atoms with Crippen LogP contribution in [0.15, 0.2) is 83.0 Å². The Morgan fingerprint density at radius 3 is 2.20 bits per heavy atom. The van der Waals surface area contributed by atoms with Gasteiger partial charge in [0.15, 0.2) is 6.29 Å². The van der Waals surface area contributed by atoms with E-state index in [0.717, 1.165) is 17.2 Å². The van der Waals surface area contributed by atoms with E-state index in [4.69, 9.17) is 5.73 Å². The highest BCUT2D eigenvalue weighted by Gasteiger charge is 2.36. The molecule has 1 aliphatic rings. The zero-order chi connectivity index (χ0) is 33.5. The van der Waals surface area contributed by atoms with Crippen molar-refractivity contribution in [3.63, 3.8) is 0 Å². The highest BCUT2D eigenvalue weighted by atomic mass is 19.1. The lowest BCUT2D eigenvalue weighted by Gasteiger charge is -2.19. The number of nitriles is 1. The highest BCUT2D eigenvalue weighted by molar-refractivity contribution is 6.33. The Balaban J connectivity index is 0.00000235. The van der Waals surface area contributed by atoms with Crippen molar-refractivity contribution >= 4 is 45.9 Å². The summed E-state index contributed by atoms with van der Waals surface area (Å²) in [6, 6.07) is 18.8. The fraction of sp³-hybridized carbons (Fsp3) is 0.143. The van der Waals surface area contributed by atoms with Gasteiger partial charge in [-0.2, -0.15) is 10.4 Å². The van der Waals surface area contributed by atoms with E-state index in [9.17, 15) is 19.6 Å². The van der Waals surface area contributed by atoms with Crippen LogP contribution in [0.5, 0.6) is 0 Å². The van der Waals surface area contributed by atoms with Gasteiger partial charge in [0.1, 0.15) is 17.7 Å². The lowest BCUT2D eigenvalue weighted by molar-refractivity contribution is 0.0677. The molecule has 1 aliphatic heterocycles. The number of nitrogens with zero attached hydrogens (tertiary/aromatic N) is 4. The number of hydrazone groups is 1. The number of amides is 2. The van der Waals surface area contributed by atoms with E-state index in [0.29, 0.717) is 17.1 Å². The normalized spacial score (nSPS) is 13.2. The first kappa shape index (κ1) is 32.9. The van der Waals surface area contributed by atoms with Crippen LogP contribution in [-0.4, -0.2) is 55.1 Å². The Morgan fingerprint density at radius 1 is 1.00 bits per heavy atom. The summed E-state index contributed by atoms with van der Waals surface area (Å²) in [5.41, 5.74) is 8.53. The quantitative estimate of drug-likeness (QED) is 0.116. The van der Waals surface area contributed by atoms with Crippen molar-refractivity contribution in [3.05, 3.63) is 124 Å². The second-order valence-electron chi connectivity index (χ2n) is 9.66. The molecule has 0 atom stereocenters. The van der Waals surface area contributed by atoms with Gasteiger partial charge in [-0.25, -0.2) is 8.78 Å². The molecule has 0 saturated heterocycles. The van der Waals surface area contributed by atoms with Crippen LogP contribution in [-0.2, 0) is 0 Å². The van der Waals surface area contributed by atoms with Gasteiger partial charge in [-0.3, -0.25) is 24.3 Å². The summed E-state index contributed by atoms with van der Waals surface area (Å²) in [6.07, 6.45) is 1.38. The Hall–Kier alpha value is -6.02. The Bertz CT molecular complexity index is 1970. The molecule has 4 aromatic rings. The molecule has 0 saturated carbocycles. The Morgan fingerprint density at radius 2 is 1.63 bits per heavy atom. The molecule has 3 N–H and O–H groups in total. The summed E-state index contributed by atoms with van der Waals surface area (Å²) >= 11 is 0. The summed E-state index contributed by atoms with van der Waals surface area (Å²) in [5, 5.41) is 15.2. The SMILES string of the molecule is CC.CN=C(/C(=C\N)c1cc(F)c(C=O)c(/C(CN2C(=O)c3ccccc3C2=O)=N\NC)c1)c1c(F)cc2ccccc2c1C#N. The van der Waals surface area contributed by atoms with Gasteiger partial charge in [-0.15, -0.1) is 0 Å². The maximum atomic E-state index is 15.6. The van der Waals surface area contributed by atoms with Crippen LogP contribution >= 0.6 is 0 Å². The van der Waals surface area contributed by atoms with Crippen molar-refractivity contribution in [3.8, 4) is 6.07 Å².